The van der Waals surface area contributed by atoms with Gasteiger partial charge < -0.3 is 19.7 Å². The average molecular weight is 430 g/mol. The molecule has 1 aliphatic heterocycles. The fraction of sp³-hybridized carbons (Fsp3) is 0.231. The number of nitrogens with zero attached hydrogens (tertiary/aromatic N) is 2. The van der Waals surface area contributed by atoms with E-state index in [-0.39, 0.29) is 5.91 Å². The van der Waals surface area contributed by atoms with Gasteiger partial charge in [0, 0.05) is 31.4 Å². The predicted octanol–water partition coefficient (Wildman–Crippen LogP) is 4.15. The van der Waals surface area contributed by atoms with Gasteiger partial charge in [0.25, 0.3) is 5.91 Å². The first-order valence-corrected chi connectivity index (χ1v) is 10.6. The smallest absolute Gasteiger partial charge is 0.251 e. The van der Waals surface area contributed by atoms with Crippen LogP contribution in [0.5, 0.6) is 11.5 Å². The minimum atomic E-state index is -0.185. The van der Waals surface area contributed by atoms with Crippen LogP contribution in [-0.4, -0.2) is 31.2 Å². The summed E-state index contributed by atoms with van der Waals surface area (Å²) in [4.78, 5) is 19.5. The zero-order chi connectivity index (χ0) is 22.3. The van der Waals surface area contributed by atoms with Gasteiger partial charge in [-0.1, -0.05) is 43.0 Å². The molecule has 6 heteroatoms. The molecule has 0 bridgehead atoms. The van der Waals surface area contributed by atoms with Gasteiger partial charge in [-0.2, -0.15) is 0 Å². The second-order valence-electron chi connectivity index (χ2n) is 7.61. The highest BCUT2D eigenvalue weighted by atomic mass is 16.5. The molecule has 32 heavy (non-hydrogen) atoms. The summed E-state index contributed by atoms with van der Waals surface area (Å²) in [6.45, 7) is 6.22. The third-order valence-electron chi connectivity index (χ3n) is 5.50. The van der Waals surface area contributed by atoms with Crippen LogP contribution in [-0.2, 0) is 19.5 Å². The molecule has 1 amide bonds. The molecule has 0 saturated carbocycles. The maximum atomic E-state index is 12.6. The van der Waals surface area contributed by atoms with Crippen molar-refractivity contribution >= 4 is 11.7 Å². The minimum absolute atomic E-state index is 0.185. The number of benzene rings is 2. The molecule has 6 nitrogen and oxygen atoms in total. The number of carbonyl (C=O) groups excluding carboxylic acids is 1. The SMILES string of the molecule is C=CCOc1ccc(C(=O)NCc2ccc(N3CCc4ccccc4C3)nc2)cc1OC. The Bertz CT molecular complexity index is 1100. The van der Waals surface area contributed by atoms with Crippen LogP contribution in [0.1, 0.15) is 27.0 Å². The van der Waals surface area contributed by atoms with Gasteiger partial charge in [0.1, 0.15) is 12.4 Å². The van der Waals surface area contributed by atoms with E-state index < -0.39 is 0 Å². The van der Waals surface area contributed by atoms with Gasteiger partial charge in [-0.05, 0) is 47.4 Å². The summed E-state index contributed by atoms with van der Waals surface area (Å²) in [7, 11) is 1.55. The summed E-state index contributed by atoms with van der Waals surface area (Å²) in [5.74, 6) is 1.85. The summed E-state index contributed by atoms with van der Waals surface area (Å²) >= 11 is 0. The molecule has 0 radical (unpaired) electrons. The van der Waals surface area contributed by atoms with Crippen LogP contribution in [0.4, 0.5) is 5.82 Å². The van der Waals surface area contributed by atoms with E-state index in [9.17, 15) is 4.79 Å². The lowest BCUT2D eigenvalue weighted by atomic mass is 10.00. The second kappa shape index (κ2) is 10.0. The first-order valence-electron chi connectivity index (χ1n) is 10.6. The van der Waals surface area contributed by atoms with E-state index in [1.807, 2.05) is 18.3 Å². The molecule has 0 atom stereocenters. The van der Waals surface area contributed by atoms with Crippen molar-refractivity contribution in [3.63, 3.8) is 0 Å². The number of pyridine rings is 1. The van der Waals surface area contributed by atoms with E-state index in [2.05, 4.69) is 46.0 Å². The summed E-state index contributed by atoms with van der Waals surface area (Å²) < 4.78 is 10.9. The lowest BCUT2D eigenvalue weighted by molar-refractivity contribution is 0.0950. The molecular formula is C26H27N3O3. The van der Waals surface area contributed by atoms with Gasteiger partial charge in [0.2, 0.25) is 0 Å². The number of hydrogen-bond donors (Lipinski definition) is 1. The Morgan fingerprint density at radius 2 is 2.00 bits per heavy atom. The normalized spacial score (nSPS) is 12.6. The van der Waals surface area contributed by atoms with Crippen molar-refractivity contribution in [2.45, 2.75) is 19.5 Å². The lowest BCUT2D eigenvalue weighted by Gasteiger charge is -2.29. The van der Waals surface area contributed by atoms with Crippen LogP contribution in [0.3, 0.4) is 0 Å². The number of amides is 1. The van der Waals surface area contributed by atoms with Crippen molar-refractivity contribution in [3.8, 4) is 11.5 Å². The van der Waals surface area contributed by atoms with Crippen LogP contribution < -0.4 is 19.7 Å². The topological polar surface area (TPSA) is 63.7 Å². The largest absolute Gasteiger partial charge is 0.493 e. The summed E-state index contributed by atoms with van der Waals surface area (Å²) in [5, 5.41) is 2.94. The average Bonchev–Trinajstić information content (AvgIpc) is 2.86. The van der Waals surface area contributed by atoms with Crippen molar-refractivity contribution in [2.24, 2.45) is 0 Å². The van der Waals surface area contributed by atoms with Gasteiger partial charge in [0.05, 0.1) is 7.11 Å². The third kappa shape index (κ3) is 4.91. The number of anilines is 1. The summed E-state index contributed by atoms with van der Waals surface area (Å²) in [6, 6.07) is 17.7. The molecule has 3 aromatic rings. The standard InChI is InChI=1S/C26H27N3O3/c1-3-14-32-23-10-9-21(15-24(23)31-2)26(30)28-17-19-8-11-25(27-16-19)29-13-12-20-6-4-5-7-22(20)18-29/h3-11,15-16H,1,12-14,17-18H2,2H3,(H,28,30). The number of hydrogen-bond acceptors (Lipinski definition) is 5. The van der Waals surface area contributed by atoms with Crippen LogP contribution in [0.15, 0.2) is 73.4 Å². The Balaban J connectivity index is 1.35. The Hall–Kier alpha value is -3.80. The van der Waals surface area contributed by atoms with Gasteiger partial charge in [-0.15, -0.1) is 0 Å². The molecule has 0 spiro atoms. The fourth-order valence-electron chi connectivity index (χ4n) is 3.76. The molecule has 0 saturated heterocycles. The van der Waals surface area contributed by atoms with Gasteiger partial charge >= 0.3 is 0 Å². The molecule has 1 aliphatic rings. The van der Waals surface area contributed by atoms with E-state index in [0.29, 0.717) is 30.2 Å². The highest BCUT2D eigenvalue weighted by Gasteiger charge is 2.17. The molecule has 164 valence electrons. The number of aromatic nitrogens is 1. The second-order valence-corrected chi connectivity index (χ2v) is 7.61. The van der Waals surface area contributed by atoms with Crippen LogP contribution in [0.25, 0.3) is 0 Å². The van der Waals surface area contributed by atoms with Crippen LogP contribution in [0, 0.1) is 0 Å². The van der Waals surface area contributed by atoms with Crippen molar-refractivity contribution < 1.29 is 14.3 Å². The van der Waals surface area contributed by atoms with Crippen LogP contribution >= 0.6 is 0 Å². The molecule has 0 aliphatic carbocycles. The van der Waals surface area contributed by atoms with E-state index in [4.69, 9.17) is 9.47 Å². The van der Waals surface area contributed by atoms with Gasteiger partial charge in [-0.3, -0.25) is 4.79 Å². The third-order valence-corrected chi connectivity index (χ3v) is 5.50. The molecule has 2 heterocycles. The maximum Gasteiger partial charge on any atom is 0.251 e. The monoisotopic (exact) mass is 429 g/mol. The molecular weight excluding hydrogens is 402 g/mol. The highest BCUT2D eigenvalue weighted by molar-refractivity contribution is 5.94. The Kier molecular flexibility index (Phi) is 6.70. The zero-order valence-electron chi connectivity index (χ0n) is 18.2. The molecule has 2 aromatic carbocycles. The van der Waals surface area contributed by atoms with E-state index in [0.717, 1.165) is 30.9 Å². The first-order chi connectivity index (χ1) is 15.7. The Labute approximate surface area is 188 Å². The zero-order valence-corrected chi connectivity index (χ0v) is 18.2. The fourth-order valence-corrected chi connectivity index (χ4v) is 3.76. The minimum Gasteiger partial charge on any atom is -0.493 e. The van der Waals surface area contributed by atoms with Crippen molar-refractivity contribution in [3.05, 3.63) is 95.7 Å². The highest BCUT2D eigenvalue weighted by Crippen LogP contribution is 2.28. The number of rotatable bonds is 8. The van der Waals surface area contributed by atoms with Crippen molar-refractivity contribution in [1.29, 1.82) is 0 Å². The summed E-state index contributed by atoms with van der Waals surface area (Å²) in [5.41, 5.74) is 4.22. The van der Waals surface area contributed by atoms with Gasteiger partial charge in [0.15, 0.2) is 11.5 Å². The maximum absolute atomic E-state index is 12.6. The molecule has 1 N–H and O–H groups in total. The first kappa shape index (κ1) is 21.4. The van der Waals surface area contributed by atoms with Crippen LogP contribution in [0.2, 0.25) is 0 Å². The number of nitrogens with one attached hydrogen (secondary N) is 1. The Morgan fingerprint density at radius 3 is 2.75 bits per heavy atom. The number of fused-ring (bicyclic) bond motifs is 1. The van der Waals surface area contributed by atoms with E-state index >= 15 is 0 Å². The number of carbonyl (C=O) groups is 1. The van der Waals surface area contributed by atoms with Crippen molar-refractivity contribution in [1.82, 2.24) is 10.3 Å². The number of methoxy groups -OCH3 is 1. The van der Waals surface area contributed by atoms with E-state index in [1.165, 1.54) is 11.1 Å². The number of ether oxygens (including phenoxy) is 2. The lowest BCUT2D eigenvalue weighted by Crippen LogP contribution is -2.31. The molecule has 0 unspecified atom stereocenters. The predicted molar refractivity (Wildman–Crippen MR) is 125 cm³/mol. The summed E-state index contributed by atoms with van der Waals surface area (Å²) in [6.07, 6.45) is 4.50. The Morgan fingerprint density at radius 1 is 1.16 bits per heavy atom. The van der Waals surface area contributed by atoms with Crippen molar-refractivity contribution in [2.75, 3.05) is 25.2 Å². The quantitative estimate of drug-likeness (QED) is 0.545. The molecule has 1 aromatic heterocycles. The molecule has 4 rings (SSSR count). The van der Waals surface area contributed by atoms with Gasteiger partial charge in [-0.25, -0.2) is 4.98 Å². The molecule has 0 fully saturated rings. The van der Waals surface area contributed by atoms with E-state index in [1.54, 1.807) is 31.4 Å².